The lowest BCUT2D eigenvalue weighted by Gasteiger charge is -2.29. The van der Waals surface area contributed by atoms with Crippen molar-refractivity contribution in [3.05, 3.63) is 60.2 Å². The number of hydrogen-bond donors (Lipinski definition) is 1. The highest BCUT2D eigenvalue weighted by atomic mass is 35.5. The third kappa shape index (κ3) is 2.96. The van der Waals surface area contributed by atoms with Crippen LogP contribution in [0.5, 0.6) is 0 Å². The van der Waals surface area contributed by atoms with Crippen LogP contribution in [0.3, 0.4) is 0 Å². The van der Waals surface area contributed by atoms with Crippen molar-refractivity contribution >= 4 is 34.0 Å². The minimum atomic E-state index is 0. The summed E-state index contributed by atoms with van der Waals surface area (Å²) in [5.41, 5.74) is 8.06. The molecule has 120 valence electrons. The van der Waals surface area contributed by atoms with Gasteiger partial charge in [-0.15, -0.1) is 12.4 Å². The summed E-state index contributed by atoms with van der Waals surface area (Å²) in [6.45, 7) is 0. The molecule has 1 atom stereocenters. The van der Waals surface area contributed by atoms with Crippen molar-refractivity contribution in [1.29, 1.82) is 0 Å². The molecule has 1 saturated carbocycles. The van der Waals surface area contributed by atoms with E-state index in [0.717, 1.165) is 0 Å². The predicted molar refractivity (Wildman–Crippen MR) is 102 cm³/mol. The Kier molecular flexibility index (Phi) is 4.89. The molecule has 0 amide bonds. The number of nitrogens with two attached hydrogens (primary N) is 1. The fourth-order valence-electron chi connectivity index (χ4n) is 4.11. The fourth-order valence-corrected chi connectivity index (χ4v) is 4.11. The van der Waals surface area contributed by atoms with Gasteiger partial charge in [0.15, 0.2) is 0 Å². The minimum Gasteiger partial charge on any atom is -0.324 e. The van der Waals surface area contributed by atoms with Crippen molar-refractivity contribution in [2.24, 2.45) is 11.7 Å². The van der Waals surface area contributed by atoms with Crippen molar-refractivity contribution < 1.29 is 0 Å². The summed E-state index contributed by atoms with van der Waals surface area (Å²) >= 11 is 0. The Hall–Kier alpha value is -1.57. The van der Waals surface area contributed by atoms with E-state index in [1.54, 1.807) is 0 Å². The van der Waals surface area contributed by atoms with Crippen LogP contribution in [-0.2, 0) is 0 Å². The molecule has 2 heteroatoms. The van der Waals surface area contributed by atoms with E-state index >= 15 is 0 Å². The molecule has 2 N–H and O–H groups in total. The molecule has 1 aliphatic carbocycles. The third-order valence-electron chi connectivity index (χ3n) is 5.32. The summed E-state index contributed by atoms with van der Waals surface area (Å²) in [7, 11) is 0. The molecule has 1 nitrogen and oxygen atoms in total. The largest absolute Gasteiger partial charge is 0.324 e. The first-order valence-corrected chi connectivity index (χ1v) is 8.50. The molecule has 3 aromatic carbocycles. The first kappa shape index (κ1) is 16.3. The summed E-state index contributed by atoms with van der Waals surface area (Å²) in [5.74, 6) is 0.637. The van der Waals surface area contributed by atoms with Crippen molar-refractivity contribution in [2.45, 2.75) is 38.1 Å². The molecule has 1 fully saturated rings. The van der Waals surface area contributed by atoms with Gasteiger partial charge in [-0.1, -0.05) is 67.8 Å². The molecule has 4 rings (SSSR count). The smallest absolute Gasteiger partial charge is 0.0329 e. The summed E-state index contributed by atoms with van der Waals surface area (Å²) in [5, 5.41) is 5.31. The number of benzene rings is 3. The van der Waals surface area contributed by atoms with Gasteiger partial charge in [-0.2, -0.15) is 0 Å². The van der Waals surface area contributed by atoms with Crippen LogP contribution in [0.2, 0.25) is 0 Å². The molecular weight excluding hydrogens is 302 g/mol. The van der Waals surface area contributed by atoms with E-state index in [1.807, 2.05) is 0 Å². The van der Waals surface area contributed by atoms with Crippen molar-refractivity contribution in [2.75, 3.05) is 0 Å². The summed E-state index contributed by atoms with van der Waals surface area (Å²) in [6, 6.07) is 19.9. The Morgan fingerprint density at radius 1 is 0.783 bits per heavy atom. The van der Waals surface area contributed by atoms with Gasteiger partial charge in [-0.25, -0.2) is 0 Å². The molecule has 3 aromatic rings. The average Bonchev–Trinajstić information content (AvgIpc) is 2.61. The second-order valence-corrected chi connectivity index (χ2v) is 6.66. The lowest BCUT2D eigenvalue weighted by molar-refractivity contribution is 0.309. The second kappa shape index (κ2) is 6.90. The third-order valence-corrected chi connectivity index (χ3v) is 5.32. The zero-order valence-corrected chi connectivity index (χ0v) is 14.2. The Bertz CT molecular complexity index is 805. The molecule has 0 unspecified atom stereocenters. The lowest BCUT2D eigenvalue weighted by atomic mass is 9.80. The first-order chi connectivity index (χ1) is 10.8. The Morgan fingerprint density at radius 3 is 2.13 bits per heavy atom. The van der Waals surface area contributed by atoms with E-state index in [-0.39, 0.29) is 18.4 Å². The van der Waals surface area contributed by atoms with Gasteiger partial charge in [0.25, 0.3) is 0 Å². The van der Waals surface area contributed by atoms with E-state index < -0.39 is 0 Å². The zero-order valence-electron chi connectivity index (χ0n) is 13.4. The SMILES string of the molecule is Cl.N[C@H](c1cc2ccccc2c2ccccc12)C1CCCCC1. The summed E-state index contributed by atoms with van der Waals surface area (Å²) in [6.07, 6.45) is 6.61. The van der Waals surface area contributed by atoms with Gasteiger partial charge >= 0.3 is 0 Å². The number of halogens is 1. The number of rotatable bonds is 2. The topological polar surface area (TPSA) is 26.0 Å². The van der Waals surface area contributed by atoms with Gasteiger partial charge in [-0.05, 0) is 51.9 Å². The summed E-state index contributed by atoms with van der Waals surface area (Å²) < 4.78 is 0. The molecule has 23 heavy (non-hydrogen) atoms. The fraction of sp³-hybridized carbons (Fsp3) is 0.333. The van der Waals surface area contributed by atoms with E-state index in [2.05, 4.69) is 54.6 Å². The molecular formula is C21H24ClN. The number of fused-ring (bicyclic) bond motifs is 3. The number of hydrogen-bond acceptors (Lipinski definition) is 1. The van der Waals surface area contributed by atoms with Gasteiger partial charge < -0.3 is 5.73 Å². The van der Waals surface area contributed by atoms with E-state index in [0.29, 0.717) is 5.92 Å². The van der Waals surface area contributed by atoms with E-state index in [4.69, 9.17) is 5.73 Å². The van der Waals surface area contributed by atoms with Gasteiger partial charge in [-0.3, -0.25) is 0 Å². The molecule has 0 radical (unpaired) electrons. The van der Waals surface area contributed by atoms with Gasteiger partial charge in [0, 0.05) is 6.04 Å². The highest BCUT2D eigenvalue weighted by molar-refractivity contribution is 6.09. The standard InChI is InChI=1S/C21H23N.ClH/c22-21(15-8-2-1-3-9-15)20-14-16-10-4-5-11-17(16)18-12-6-7-13-19(18)20;/h4-7,10-15,21H,1-3,8-9,22H2;1H/t21-;/m0./s1. The molecule has 1 aliphatic rings. The Morgan fingerprint density at radius 2 is 1.39 bits per heavy atom. The maximum atomic E-state index is 6.73. The molecule has 0 saturated heterocycles. The first-order valence-electron chi connectivity index (χ1n) is 8.50. The normalized spacial score (nSPS) is 17.1. The highest BCUT2D eigenvalue weighted by Crippen LogP contribution is 2.38. The van der Waals surface area contributed by atoms with Gasteiger partial charge in [0.2, 0.25) is 0 Å². The van der Waals surface area contributed by atoms with Gasteiger partial charge in [0.05, 0.1) is 0 Å². The lowest BCUT2D eigenvalue weighted by Crippen LogP contribution is -2.23. The molecule has 0 aromatic heterocycles. The van der Waals surface area contributed by atoms with Crippen molar-refractivity contribution in [1.82, 2.24) is 0 Å². The van der Waals surface area contributed by atoms with Crippen LogP contribution < -0.4 is 5.73 Å². The molecule has 0 spiro atoms. The monoisotopic (exact) mass is 325 g/mol. The Labute approximate surface area is 144 Å². The van der Waals surface area contributed by atoms with Crippen LogP contribution in [0.1, 0.15) is 43.7 Å². The maximum absolute atomic E-state index is 6.73. The summed E-state index contributed by atoms with van der Waals surface area (Å²) in [4.78, 5) is 0. The molecule has 0 heterocycles. The van der Waals surface area contributed by atoms with Crippen LogP contribution in [0, 0.1) is 5.92 Å². The molecule has 0 bridgehead atoms. The van der Waals surface area contributed by atoms with E-state index in [9.17, 15) is 0 Å². The van der Waals surface area contributed by atoms with Crippen LogP contribution in [-0.4, -0.2) is 0 Å². The Balaban J connectivity index is 0.00000156. The second-order valence-electron chi connectivity index (χ2n) is 6.66. The van der Waals surface area contributed by atoms with E-state index in [1.165, 1.54) is 59.2 Å². The van der Waals surface area contributed by atoms with Crippen LogP contribution >= 0.6 is 12.4 Å². The average molecular weight is 326 g/mol. The predicted octanol–water partition coefficient (Wildman–Crippen LogP) is 5.99. The maximum Gasteiger partial charge on any atom is 0.0329 e. The highest BCUT2D eigenvalue weighted by Gasteiger charge is 2.23. The molecule has 0 aliphatic heterocycles. The van der Waals surface area contributed by atoms with Crippen molar-refractivity contribution in [3.8, 4) is 0 Å². The quantitative estimate of drug-likeness (QED) is 0.575. The van der Waals surface area contributed by atoms with Crippen molar-refractivity contribution in [3.63, 3.8) is 0 Å². The zero-order chi connectivity index (χ0) is 14.9. The minimum absolute atomic E-state index is 0. The van der Waals surface area contributed by atoms with Crippen LogP contribution in [0.25, 0.3) is 21.5 Å². The van der Waals surface area contributed by atoms with Gasteiger partial charge in [0.1, 0.15) is 0 Å². The van der Waals surface area contributed by atoms with Crippen LogP contribution in [0.4, 0.5) is 0 Å². The van der Waals surface area contributed by atoms with Crippen LogP contribution in [0.15, 0.2) is 54.6 Å².